The fourth-order valence-electron chi connectivity index (χ4n) is 4.44. The van der Waals surface area contributed by atoms with E-state index in [4.69, 9.17) is 9.15 Å². The van der Waals surface area contributed by atoms with Crippen molar-refractivity contribution in [1.29, 1.82) is 0 Å². The molecule has 0 aliphatic carbocycles. The first-order chi connectivity index (χ1) is 17.6. The largest absolute Gasteiger partial charge is 0.496 e. The van der Waals surface area contributed by atoms with Gasteiger partial charge in [0.15, 0.2) is 0 Å². The number of anilines is 1. The van der Waals surface area contributed by atoms with Crippen molar-refractivity contribution in [3.63, 3.8) is 0 Å². The van der Waals surface area contributed by atoms with Gasteiger partial charge in [0.1, 0.15) is 17.3 Å². The third-order valence-corrected chi connectivity index (χ3v) is 6.35. The van der Waals surface area contributed by atoms with Crippen LogP contribution in [0.15, 0.2) is 71.3 Å². The number of methoxy groups -OCH3 is 1. The van der Waals surface area contributed by atoms with Crippen LogP contribution in [0.2, 0.25) is 0 Å². The van der Waals surface area contributed by atoms with Gasteiger partial charge in [-0.3, -0.25) is 14.5 Å². The van der Waals surface area contributed by atoms with Gasteiger partial charge in [0.25, 0.3) is 0 Å². The van der Waals surface area contributed by atoms with Gasteiger partial charge in [0, 0.05) is 39.3 Å². The molecule has 1 aliphatic heterocycles. The molecular formula is C27H31FN4O4. The maximum absolute atomic E-state index is 14.2. The molecule has 2 aromatic carbocycles. The number of rotatable bonds is 9. The number of nitrogens with zero attached hydrogens (tertiary/aromatic N) is 2. The third kappa shape index (κ3) is 6.23. The molecule has 4 rings (SSSR count). The zero-order valence-electron chi connectivity index (χ0n) is 20.3. The van der Waals surface area contributed by atoms with Crippen LogP contribution in [0.4, 0.5) is 10.1 Å². The van der Waals surface area contributed by atoms with E-state index in [2.05, 4.69) is 15.5 Å². The molecule has 1 fully saturated rings. The summed E-state index contributed by atoms with van der Waals surface area (Å²) in [7, 11) is 1.60. The molecule has 0 saturated carbocycles. The number of halogens is 1. The number of ether oxygens (including phenoxy) is 1. The van der Waals surface area contributed by atoms with Crippen molar-refractivity contribution in [2.45, 2.75) is 12.5 Å². The first-order valence-electron chi connectivity index (χ1n) is 12.0. The third-order valence-electron chi connectivity index (χ3n) is 6.35. The summed E-state index contributed by atoms with van der Waals surface area (Å²) in [5.41, 5.74) is 1.54. The summed E-state index contributed by atoms with van der Waals surface area (Å²) < 4.78 is 25.1. The Balaban J connectivity index is 1.29. The highest BCUT2D eigenvalue weighted by molar-refractivity contribution is 6.35. The van der Waals surface area contributed by atoms with E-state index in [-0.39, 0.29) is 18.4 Å². The number of hydrogen-bond acceptors (Lipinski definition) is 6. The molecule has 3 aromatic rings. The molecule has 36 heavy (non-hydrogen) atoms. The number of para-hydroxylation sites is 2. The van der Waals surface area contributed by atoms with Crippen LogP contribution in [0, 0.1) is 5.82 Å². The average Bonchev–Trinajstić information content (AvgIpc) is 3.44. The monoisotopic (exact) mass is 494 g/mol. The molecule has 0 bridgehead atoms. The first-order valence-corrected chi connectivity index (χ1v) is 12.0. The number of piperazine rings is 1. The summed E-state index contributed by atoms with van der Waals surface area (Å²) in [6.45, 7) is 3.10. The van der Waals surface area contributed by atoms with Gasteiger partial charge in [-0.15, -0.1) is 0 Å². The minimum atomic E-state index is -0.698. The van der Waals surface area contributed by atoms with Gasteiger partial charge in [-0.1, -0.05) is 30.3 Å². The van der Waals surface area contributed by atoms with Crippen LogP contribution in [-0.4, -0.2) is 63.1 Å². The molecule has 0 unspecified atom stereocenters. The standard InChI is InChI=1S/C27H31FN4O4/c1-35-24-10-5-2-7-20(24)12-13-29-26(33)27(34)30-19-23(25-11-6-18-36-25)32-16-14-31(15-17-32)22-9-4-3-8-21(22)28/h2-11,18,23H,12-17,19H2,1H3,(H,29,33)(H,30,34)/t23-/m1/s1. The predicted molar refractivity (Wildman–Crippen MR) is 134 cm³/mol. The first kappa shape index (κ1) is 25.2. The number of amides is 2. The molecule has 8 nitrogen and oxygen atoms in total. The van der Waals surface area contributed by atoms with E-state index in [0.29, 0.717) is 50.6 Å². The summed E-state index contributed by atoms with van der Waals surface area (Å²) in [5, 5.41) is 5.40. The van der Waals surface area contributed by atoms with Crippen molar-refractivity contribution in [3.8, 4) is 5.75 Å². The van der Waals surface area contributed by atoms with E-state index >= 15 is 0 Å². The molecule has 2 amide bonds. The van der Waals surface area contributed by atoms with Crippen LogP contribution in [0.3, 0.4) is 0 Å². The summed E-state index contributed by atoms with van der Waals surface area (Å²) in [4.78, 5) is 29.0. The zero-order chi connectivity index (χ0) is 25.3. The van der Waals surface area contributed by atoms with Gasteiger partial charge in [-0.05, 0) is 42.3 Å². The van der Waals surface area contributed by atoms with Crippen LogP contribution < -0.4 is 20.3 Å². The number of hydrogen-bond donors (Lipinski definition) is 2. The highest BCUT2D eigenvalue weighted by Crippen LogP contribution is 2.25. The predicted octanol–water partition coefficient (Wildman–Crippen LogP) is 2.77. The summed E-state index contributed by atoms with van der Waals surface area (Å²) in [6, 6.07) is 17.7. The highest BCUT2D eigenvalue weighted by atomic mass is 19.1. The van der Waals surface area contributed by atoms with Crippen LogP contribution >= 0.6 is 0 Å². The van der Waals surface area contributed by atoms with Crippen LogP contribution in [0.5, 0.6) is 5.75 Å². The lowest BCUT2D eigenvalue weighted by molar-refractivity contribution is -0.139. The van der Waals surface area contributed by atoms with Crippen LogP contribution in [0.25, 0.3) is 0 Å². The van der Waals surface area contributed by atoms with Crippen molar-refractivity contribution >= 4 is 17.5 Å². The number of nitrogens with one attached hydrogen (secondary N) is 2. The molecule has 1 atom stereocenters. The second-order valence-corrected chi connectivity index (χ2v) is 8.53. The van der Waals surface area contributed by atoms with Crippen molar-refractivity contribution in [3.05, 3.63) is 84.1 Å². The van der Waals surface area contributed by atoms with Crippen LogP contribution in [0.1, 0.15) is 17.4 Å². The van der Waals surface area contributed by atoms with E-state index in [1.807, 2.05) is 41.3 Å². The number of benzene rings is 2. The fourth-order valence-corrected chi connectivity index (χ4v) is 4.44. The number of carbonyl (C=O) groups excluding carboxylic acids is 2. The summed E-state index contributed by atoms with van der Waals surface area (Å²) >= 11 is 0. The lowest BCUT2D eigenvalue weighted by Gasteiger charge is -2.39. The second-order valence-electron chi connectivity index (χ2n) is 8.53. The van der Waals surface area contributed by atoms with E-state index in [0.717, 1.165) is 11.3 Å². The van der Waals surface area contributed by atoms with E-state index in [9.17, 15) is 14.0 Å². The molecule has 9 heteroatoms. The lowest BCUT2D eigenvalue weighted by atomic mass is 10.1. The Morgan fingerprint density at radius 2 is 1.69 bits per heavy atom. The van der Waals surface area contributed by atoms with E-state index < -0.39 is 11.8 Å². The molecule has 190 valence electrons. The van der Waals surface area contributed by atoms with Gasteiger partial charge in [0.2, 0.25) is 0 Å². The van der Waals surface area contributed by atoms with Crippen molar-refractivity contribution < 1.29 is 23.1 Å². The SMILES string of the molecule is COc1ccccc1CCNC(=O)C(=O)NC[C@H](c1ccco1)N1CCN(c2ccccc2F)CC1. The molecule has 1 aromatic heterocycles. The normalized spacial score (nSPS) is 14.8. The Morgan fingerprint density at radius 3 is 2.42 bits per heavy atom. The summed E-state index contributed by atoms with van der Waals surface area (Å²) in [6.07, 6.45) is 2.13. The van der Waals surface area contributed by atoms with Gasteiger partial charge in [0.05, 0.1) is 25.1 Å². The summed E-state index contributed by atoms with van der Waals surface area (Å²) in [5.74, 6) is -0.180. The minimum Gasteiger partial charge on any atom is -0.496 e. The zero-order valence-corrected chi connectivity index (χ0v) is 20.3. The van der Waals surface area contributed by atoms with E-state index in [1.54, 1.807) is 31.6 Å². The van der Waals surface area contributed by atoms with E-state index in [1.165, 1.54) is 6.07 Å². The molecule has 1 aliphatic rings. The molecule has 0 spiro atoms. The van der Waals surface area contributed by atoms with Gasteiger partial charge in [-0.2, -0.15) is 0 Å². The van der Waals surface area contributed by atoms with Gasteiger partial charge >= 0.3 is 11.8 Å². The molecule has 1 saturated heterocycles. The Kier molecular flexibility index (Phi) is 8.57. The number of carbonyl (C=O) groups is 2. The lowest BCUT2D eigenvalue weighted by Crippen LogP contribution is -2.51. The Hall–Kier alpha value is -3.85. The topological polar surface area (TPSA) is 87.0 Å². The Bertz CT molecular complexity index is 1150. The van der Waals surface area contributed by atoms with Gasteiger partial charge < -0.3 is 24.7 Å². The average molecular weight is 495 g/mol. The van der Waals surface area contributed by atoms with Crippen molar-refractivity contribution in [2.75, 3.05) is 51.3 Å². The van der Waals surface area contributed by atoms with Crippen LogP contribution in [-0.2, 0) is 16.0 Å². The van der Waals surface area contributed by atoms with Crippen molar-refractivity contribution in [1.82, 2.24) is 15.5 Å². The Morgan fingerprint density at radius 1 is 0.972 bits per heavy atom. The number of furan rings is 1. The fraction of sp³-hybridized carbons (Fsp3) is 0.333. The quantitative estimate of drug-likeness (QED) is 0.445. The maximum atomic E-state index is 14.2. The molecule has 2 heterocycles. The Labute approximate surface area is 210 Å². The highest BCUT2D eigenvalue weighted by Gasteiger charge is 2.28. The molecule has 2 N–H and O–H groups in total. The van der Waals surface area contributed by atoms with Gasteiger partial charge in [-0.25, -0.2) is 4.39 Å². The minimum absolute atomic E-state index is 0.214. The maximum Gasteiger partial charge on any atom is 0.309 e. The smallest absolute Gasteiger partial charge is 0.309 e. The van der Waals surface area contributed by atoms with Crippen molar-refractivity contribution in [2.24, 2.45) is 0 Å². The molecular weight excluding hydrogens is 463 g/mol. The molecule has 0 radical (unpaired) electrons. The second kappa shape index (κ2) is 12.2.